The Kier molecular flexibility index (Phi) is 5.03. The molecule has 6 heteroatoms. The lowest BCUT2D eigenvalue weighted by atomic mass is 10.1. The van der Waals surface area contributed by atoms with E-state index in [-0.39, 0.29) is 17.5 Å². The first-order chi connectivity index (χ1) is 10.0. The van der Waals surface area contributed by atoms with E-state index in [0.717, 1.165) is 16.2 Å². The number of benzene rings is 1. The average Bonchev–Trinajstić information content (AvgIpc) is 2.91. The van der Waals surface area contributed by atoms with Gasteiger partial charge in [-0.3, -0.25) is 9.63 Å². The Morgan fingerprint density at radius 1 is 1.38 bits per heavy atom. The van der Waals surface area contributed by atoms with Gasteiger partial charge < -0.3 is 4.42 Å². The summed E-state index contributed by atoms with van der Waals surface area (Å²) in [5.41, 5.74) is 1.65. The lowest BCUT2D eigenvalue weighted by Gasteiger charge is -2.12. The van der Waals surface area contributed by atoms with Crippen LogP contribution in [0.2, 0.25) is 0 Å². The van der Waals surface area contributed by atoms with Crippen LogP contribution < -0.4 is 0 Å². The van der Waals surface area contributed by atoms with E-state index >= 15 is 0 Å². The normalized spacial score (nSPS) is 10.7. The summed E-state index contributed by atoms with van der Waals surface area (Å²) >= 11 is 1.42. The van der Waals surface area contributed by atoms with E-state index in [1.807, 2.05) is 12.3 Å². The molecule has 4 nitrogen and oxygen atoms in total. The van der Waals surface area contributed by atoms with Crippen LogP contribution in [0.5, 0.6) is 0 Å². The molecule has 0 saturated carbocycles. The van der Waals surface area contributed by atoms with Gasteiger partial charge in [-0.2, -0.15) is 0 Å². The largest absolute Gasteiger partial charge is 0.444 e. The molecule has 112 valence electrons. The maximum atomic E-state index is 12.9. The second kappa shape index (κ2) is 6.78. The van der Waals surface area contributed by atoms with Crippen molar-refractivity contribution in [3.05, 3.63) is 53.0 Å². The van der Waals surface area contributed by atoms with Gasteiger partial charge in [0.1, 0.15) is 5.82 Å². The number of nitrogens with zero attached hydrogens (tertiary/aromatic N) is 1. The Morgan fingerprint density at radius 3 is 2.62 bits per heavy atom. The van der Waals surface area contributed by atoms with Gasteiger partial charge in [0.2, 0.25) is 0 Å². The fourth-order valence-electron chi connectivity index (χ4n) is 1.86. The Labute approximate surface area is 126 Å². The fourth-order valence-corrected chi connectivity index (χ4v) is 2.29. The van der Waals surface area contributed by atoms with Crippen LogP contribution in [0.3, 0.4) is 0 Å². The summed E-state index contributed by atoms with van der Waals surface area (Å²) in [6, 6.07) is 8.00. The van der Waals surface area contributed by atoms with Crippen LogP contribution in [0.4, 0.5) is 4.39 Å². The second-order valence-electron chi connectivity index (χ2n) is 4.41. The zero-order valence-electron chi connectivity index (χ0n) is 12.1. The third-order valence-electron chi connectivity index (χ3n) is 3.05. The Hall–Kier alpha value is -1.79. The fraction of sp³-hybridized carbons (Fsp3) is 0.267. The van der Waals surface area contributed by atoms with Gasteiger partial charge in [0, 0.05) is 19.0 Å². The molecule has 0 atom stereocenters. The van der Waals surface area contributed by atoms with E-state index in [1.54, 1.807) is 12.1 Å². The number of amides is 1. The smallest absolute Gasteiger partial charge is 0.313 e. The molecule has 0 fully saturated rings. The summed E-state index contributed by atoms with van der Waals surface area (Å²) in [4.78, 5) is 17.1. The first-order valence-corrected chi connectivity index (χ1v) is 7.51. The lowest BCUT2D eigenvalue weighted by molar-refractivity contribution is -0.0776. The molecule has 0 saturated heterocycles. The number of carbonyl (C=O) groups excluding carboxylic acids is 1. The topological polar surface area (TPSA) is 42.7 Å². The van der Waals surface area contributed by atoms with E-state index in [0.29, 0.717) is 11.5 Å². The minimum absolute atomic E-state index is 0.244. The summed E-state index contributed by atoms with van der Waals surface area (Å²) in [5, 5.41) is 1.76. The predicted molar refractivity (Wildman–Crippen MR) is 78.8 cm³/mol. The van der Waals surface area contributed by atoms with Crippen LogP contribution in [-0.2, 0) is 11.3 Å². The number of rotatable bonds is 5. The van der Waals surface area contributed by atoms with Gasteiger partial charge in [0.05, 0.1) is 7.11 Å². The van der Waals surface area contributed by atoms with Crippen molar-refractivity contribution in [2.75, 3.05) is 20.4 Å². The van der Waals surface area contributed by atoms with E-state index in [4.69, 9.17) is 9.25 Å². The van der Waals surface area contributed by atoms with Crippen LogP contribution in [-0.4, -0.2) is 31.4 Å². The maximum Gasteiger partial charge on any atom is 0.313 e. The minimum atomic E-state index is -0.352. The van der Waals surface area contributed by atoms with Gasteiger partial charge >= 0.3 is 5.91 Å². The highest BCUT2D eigenvalue weighted by molar-refractivity contribution is 7.98. The van der Waals surface area contributed by atoms with Crippen LogP contribution in [0.1, 0.15) is 21.7 Å². The molecule has 1 heterocycles. The number of furan rings is 1. The van der Waals surface area contributed by atoms with Crippen LogP contribution in [0.15, 0.2) is 39.8 Å². The maximum absolute atomic E-state index is 12.9. The zero-order valence-corrected chi connectivity index (χ0v) is 12.9. The average molecular weight is 309 g/mol. The van der Waals surface area contributed by atoms with Crippen molar-refractivity contribution in [2.24, 2.45) is 0 Å². The molecule has 0 spiro atoms. The number of hydroxylamine groups is 2. The molecule has 21 heavy (non-hydrogen) atoms. The lowest BCUT2D eigenvalue weighted by Crippen LogP contribution is -2.25. The van der Waals surface area contributed by atoms with Crippen LogP contribution in [0.25, 0.3) is 0 Å². The molecule has 2 aromatic rings. The van der Waals surface area contributed by atoms with Gasteiger partial charge in [-0.1, -0.05) is 23.9 Å². The molecule has 2 rings (SSSR count). The van der Waals surface area contributed by atoms with Crippen LogP contribution >= 0.6 is 11.8 Å². The minimum Gasteiger partial charge on any atom is -0.444 e. The molecule has 0 unspecified atom stereocenters. The second-order valence-corrected chi connectivity index (χ2v) is 5.22. The number of thioether (sulfide) groups is 1. The van der Waals surface area contributed by atoms with Crippen molar-refractivity contribution in [1.82, 2.24) is 5.06 Å². The number of hydrogen-bond donors (Lipinski definition) is 0. The molecule has 0 aliphatic carbocycles. The SMILES string of the molecule is CON(C)C(=O)c1oc(SC)cc1Cc1ccc(F)cc1. The van der Waals surface area contributed by atoms with Crippen molar-refractivity contribution in [2.45, 2.75) is 11.5 Å². The first-order valence-electron chi connectivity index (χ1n) is 6.28. The third-order valence-corrected chi connectivity index (χ3v) is 3.65. The molecule has 0 N–H and O–H groups in total. The summed E-state index contributed by atoms with van der Waals surface area (Å²) in [5.74, 6) is -0.394. The van der Waals surface area contributed by atoms with Crippen molar-refractivity contribution in [1.29, 1.82) is 0 Å². The summed E-state index contributed by atoms with van der Waals surface area (Å²) < 4.78 is 18.5. The van der Waals surface area contributed by atoms with Gasteiger partial charge in [-0.25, -0.2) is 9.45 Å². The Bertz CT molecular complexity index is 624. The quantitative estimate of drug-likeness (QED) is 0.627. The zero-order chi connectivity index (χ0) is 15.4. The van der Waals surface area contributed by atoms with Crippen molar-refractivity contribution in [3.8, 4) is 0 Å². The van der Waals surface area contributed by atoms with E-state index < -0.39 is 0 Å². The number of hydrogen-bond acceptors (Lipinski definition) is 4. The predicted octanol–water partition coefficient (Wildman–Crippen LogP) is 3.36. The molecule has 0 aliphatic rings. The molecular weight excluding hydrogens is 293 g/mol. The van der Waals surface area contributed by atoms with E-state index in [9.17, 15) is 9.18 Å². The molecule has 1 aromatic carbocycles. The van der Waals surface area contributed by atoms with Crippen molar-refractivity contribution < 1.29 is 18.4 Å². The monoisotopic (exact) mass is 309 g/mol. The van der Waals surface area contributed by atoms with Gasteiger partial charge in [-0.05, 0) is 30.0 Å². The van der Waals surface area contributed by atoms with E-state index in [1.165, 1.54) is 38.1 Å². The summed E-state index contributed by atoms with van der Waals surface area (Å²) in [6.45, 7) is 0. The Balaban J connectivity index is 2.31. The molecule has 1 aromatic heterocycles. The Morgan fingerprint density at radius 2 is 2.05 bits per heavy atom. The van der Waals surface area contributed by atoms with Crippen molar-refractivity contribution >= 4 is 17.7 Å². The molecule has 0 bridgehead atoms. The third kappa shape index (κ3) is 3.65. The standard InChI is InChI=1S/C15H16FNO3S/c1-17(19-2)15(18)14-11(9-13(20-14)21-3)8-10-4-6-12(16)7-5-10/h4-7,9H,8H2,1-3H3. The van der Waals surface area contributed by atoms with E-state index in [2.05, 4.69) is 0 Å². The molecular formula is C15H16FNO3S. The van der Waals surface area contributed by atoms with Crippen molar-refractivity contribution in [3.63, 3.8) is 0 Å². The molecule has 0 aliphatic heterocycles. The first kappa shape index (κ1) is 15.6. The van der Waals surface area contributed by atoms with Gasteiger partial charge in [0.15, 0.2) is 10.9 Å². The van der Waals surface area contributed by atoms with Gasteiger partial charge in [0.25, 0.3) is 0 Å². The highest BCUT2D eigenvalue weighted by Crippen LogP contribution is 2.26. The summed E-state index contributed by atoms with van der Waals surface area (Å²) in [6.07, 6.45) is 2.36. The number of halogens is 1. The molecule has 0 radical (unpaired) electrons. The van der Waals surface area contributed by atoms with Gasteiger partial charge in [-0.15, -0.1) is 0 Å². The summed E-state index contributed by atoms with van der Waals surface area (Å²) in [7, 11) is 2.93. The van der Waals surface area contributed by atoms with Crippen LogP contribution in [0, 0.1) is 5.82 Å². The number of carbonyl (C=O) groups is 1. The molecule has 1 amide bonds. The highest BCUT2D eigenvalue weighted by Gasteiger charge is 2.22. The highest BCUT2D eigenvalue weighted by atomic mass is 32.2.